The maximum absolute atomic E-state index is 10.3. The average Bonchev–Trinajstić information content (AvgIpc) is 2.15. The van der Waals surface area contributed by atoms with Crippen molar-refractivity contribution in [3.8, 4) is 0 Å². The highest BCUT2D eigenvalue weighted by molar-refractivity contribution is 5.19. The minimum Gasteiger partial charge on any atom is -0.387 e. The number of nitrogens with one attached hydrogen (secondary N) is 1. The summed E-state index contributed by atoms with van der Waals surface area (Å²) in [5.41, 5.74) is 6.61. The van der Waals surface area contributed by atoms with E-state index in [0.717, 1.165) is 5.70 Å². The van der Waals surface area contributed by atoms with Crippen LogP contribution in [-0.4, -0.2) is 18.0 Å². The third-order valence-electron chi connectivity index (χ3n) is 1.86. The van der Waals surface area contributed by atoms with Crippen LogP contribution in [-0.2, 0) is 0 Å². The number of nitro groups is 1. The Morgan fingerprint density at radius 3 is 2.77 bits per heavy atom. The van der Waals surface area contributed by atoms with Crippen LogP contribution in [0.3, 0.4) is 0 Å². The predicted octanol–water partition coefficient (Wildman–Crippen LogP) is 0.373. The summed E-state index contributed by atoms with van der Waals surface area (Å²) >= 11 is 0. The summed E-state index contributed by atoms with van der Waals surface area (Å²) in [6.07, 6.45) is 4.49. The minimum atomic E-state index is -0.337. The van der Waals surface area contributed by atoms with Gasteiger partial charge in [-0.15, -0.1) is 0 Å². The van der Waals surface area contributed by atoms with Gasteiger partial charge in [0.1, 0.15) is 0 Å². The second-order valence-corrected chi connectivity index (χ2v) is 2.82. The Morgan fingerprint density at radius 2 is 2.31 bits per heavy atom. The summed E-state index contributed by atoms with van der Waals surface area (Å²) in [7, 11) is 0. The van der Waals surface area contributed by atoms with Crippen molar-refractivity contribution in [2.24, 2.45) is 5.73 Å². The number of hydrogen-bond donors (Lipinski definition) is 2. The molecule has 1 rings (SSSR count). The smallest absolute Gasteiger partial charge is 0.246 e. The number of rotatable bonds is 4. The molecule has 5 nitrogen and oxygen atoms in total. The molecule has 1 aliphatic carbocycles. The first-order valence-corrected chi connectivity index (χ1v) is 4.22. The number of nitrogens with zero attached hydrogens (tertiary/aromatic N) is 1. The van der Waals surface area contributed by atoms with Gasteiger partial charge in [-0.05, 0) is 12.5 Å². The Labute approximate surface area is 76.5 Å². The third kappa shape index (κ3) is 2.87. The molecule has 0 saturated heterocycles. The van der Waals surface area contributed by atoms with Crippen molar-refractivity contribution in [2.45, 2.75) is 12.8 Å². The van der Waals surface area contributed by atoms with Crippen LogP contribution in [0.25, 0.3) is 0 Å². The number of nitrogens with two attached hydrogens (primary N) is 1. The van der Waals surface area contributed by atoms with Crippen molar-refractivity contribution in [1.82, 2.24) is 5.32 Å². The molecule has 0 aromatic rings. The van der Waals surface area contributed by atoms with Gasteiger partial charge in [0.25, 0.3) is 0 Å². The first kappa shape index (κ1) is 9.73. The van der Waals surface area contributed by atoms with E-state index in [1.54, 1.807) is 12.2 Å². The Bertz CT molecular complexity index is 258. The molecule has 0 heterocycles. The molecule has 1 aliphatic rings. The van der Waals surface area contributed by atoms with Gasteiger partial charge in [-0.2, -0.15) is 0 Å². The molecule has 3 N–H and O–H groups in total. The Morgan fingerprint density at radius 1 is 1.54 bits per heavy atom. The Balaban J connectivity index is 2.49. The lowest BCUT2D eigenvalue weighted by Gasteiger charge is -2.11. The number of allylic oxidation sites excluding steroid dienone is 4. The first-order chi connectivity index (χ1) is 6.24. The fourth-order valence-electron chi connectivity index (χ4n) is 1.16. The molecule has 72 valence electrons. The van der Waals surface area contributed by atoms with E-state index in [-0.39, 0.29) is 10.6 Å². The van der Waals surface area contributed by atoms with Crippen LogP contribution in [0.4, 0.5) is 0 Å². The monoisotopic (exact) mass is 183 g/mol. The summed E-state index contributed by atoms with van der Waals surface area (Å²) in [6.45, 7) is 1.29. The maximum Gasteiger partial charge on any atom is 0.246 e. The molecule has 0 aromatic heterocycles. The van der Waals surface area contributed by atoms with Gasteiger partial charge in [0.2, 0.25) is 5.70 Å². The Kier molecular flexibility index (Phi) is 3.45. The van der Waals surface area contributed by atoms with E-state index in [2.05, 4.69) is 5.32 Å². The second kappa shape index (κ2) is 4.61. The molecule has 0 atom stereocenters. The molecule has 0 saturated carbocycles. The largest absolute Gasteiger partial charge is 0.387 e. The van der Waals surface area contributed by atoms with Crippen LogP contribution in [0.2, 0.25) is 0 Å². The highest BCUT2D eigenvalue weighted by Crippen LogP contribution is 2.16. The average molecular weight is 183 g/mol. The quantitative estimate of drug-likeness (QED) is 0.487. The second-order valence-electron chi connectivity index (χ2n) is 2.82. The standard InChI is InChI=1S/C8H13N3O2/c9-5-6-10-7-1-3-8(4-2-7)11(12)13/h1,3,10H,2,4-6,9H2. The van der Waals surface area contributed by atoms with E-state index in [1.165, 1.54) is 0 Å². The highest BCUT2D eigenvalue weighted by atomic mass is 16.6. The van der Waals surface area contributed by atoms with Crippen LogP contribution in [0.15, 0.2) is 23.5 Å². The molecule has 0 unspecified atom stereocenters. The Hall–Kier alpha value is -1.36. The molecule has 0 aliphatic heterocycles. The topological polar surface area (TPSA) is 81.2 Å². The fraction of sp³-hybridized carbons (Fsp3) is 0.500. The van der Waals surface area contributed by atoms with Crippen LogP contribution >= 0.6 is 0 Å². The van der Waals surface area contributed by atoms with E-state index in [4.69, 9.17) is 5.73 Å². The molecule has 0 radical (unpaired) electrons. The molecule has 0 fully saturated rings. The van der Waals surface area contributed by atoms with E-state index in [9.17, 15) is 10.1 Å². The summed E-state index contributed by atoms with van der Waals surface area (Å²) in [6, 6.07) is 0. The van der Waals surface area contributed by atoms with Crippen LogP contribution < -0.4 is 11.1 Å². The molecular formula is C8H13N3O2. The number of hydrogen-bond acceptors (Lipinski definition) is 4. The van der Waals surface area contributed by atoms with E-state index in [1.807, 2.05) is 0 Å². The normalized spacial score (nSPS) is 16.1. The van der Waals surface area contributed by atoms with Crippen molar-refractivity contribution in [3.05, 3.63) is 33.7 Å². The van der Waals surface area contributed by atoms with Gasteiger partial charge in [0, 0.05) is 31.3 Å². The van der Waals surface area contributed by atoms with Crippen LogP contribution in [0.1, 0.15) is 12.8 Å². The predicted molar refractivity (Wildman–Crippen MR) is 49.5 cm³/mol. The highest BCUT2D eigenvalue weighted by Gasteiger charge is 2.14. The van der Waals surface area contributed by atoms with Crippen molar-refractivity contribution >= 4 is 0 Å². The third-order valence-corrected chi connectivity index (χ3v) is 1.86. The first-order valence-electron chi connectivity index (χ1n) is 4.22. The molecular weight excluding hydrogens is 170 g/mol. The molecule has 0 aromatic carbocycles. The van der Waals surface area contributed by atoms with Gasteiger partial charge in [-0.25, -0.2) is 0 Å². The van der Waals surface area contributed by atoms with Crippen molar-refractivity contribution in [1.29, 1.82) is 0 Å². The molecule has 0 amide bonds. The van der Waals surface area contributed by atoms with Gasteiger partial charge >= 0.3 is 0 Å². The molecule has 5 heteroatoms. The molecule has 13 heavy (non-hydrogen) atoms. The van der Waals surface area contributed by atoms with E-state index in [0.29, 0.717) is 25.9 Å². The van der Waals surface area contributed by atoms with Gasteiger partial charge < -0.3 is 11.1 Å². The van der Waals surface area contributed by atoms with Crippen molar-refractivity contribution < 1.29 is 4.92 Å². The molecule has 0 bridgehead atoms. The SMILES string of the molecule is NCCNC1=CC=C([N+](=O)[O-])CC1. The van der Waals surface area contributed by atoms with Gasteiger partial charge in [-0.1, -0.05) is 0 Å². The summed E-state index contributed by atoms with van der Waals surface area (Å²) < 4.78 is 0. The van der Waals surface area contributed by atoms with Crippen molar-refractivity contribution in [3.63, 3.8) is 0 Å². The van der Waals surface area contributed by atoms with Gasteiger partial charge in [0.15, 0.2) is 0 Å². The zero-order valence-corrected chi connectivity index (χ0v) is 7.32. The van der Waals surface area contributed by atoms with Crippen molar-refractivity contribution in [2.75, 3.05) is 13.1 Å². The van der Waals surface area contributed by atoms with Crippen LogP contribution in [0, 0.1) is 10.1 Å². The maximum atomic E-state index is 10.3. The lowest BCUT2D eigenvalue weighted by atomic mass is 10.1. The van der Waals surface area contributed by atoms with Crippen LogP contribution in [0.5, 0.6) is 0 Å². The zero-order valence-electron chi connectivity index (χ0n) is 7.32. The lowest BCUT2D eigenvalue weighted by molar-refractivity contribution is -0.428. The van der Waals surface area contributed by atoms with E-state index >= 15 is 0 Å². The van der Waals surface area contributed by atoms with Gasteiger partial charge in [0.05, 0.1) is 4.92 Å². The summed E-state index contributed by atoms with van der Waals surface area (Å²) in [5, 5.41) is 13.4. The van der Waals surface area contributed by atoms with Gasteiger partial charge in [-0.3, -0.25) is 10.1 Å². The lowest BCUT2D eigenvalue weighted by Crippen LogP contribution is -2.23. The fourth-order valence-corrected chi connectivity index (χ4v) is 1.16. The van der Waals surface area contributed by atoms with E-state index < -0.39 is 0 Å². The minimum absolute atomic E-state index is 0.276. The summed E-state index contributed by atoms with van der Waals surface area (Å²) in [4.78, 5) is 10.0. The summed E-state index contributed by atoms with van der Waals surface area (Å²) in [5.74, 6) is 0. The zero-order chi connectivity index (χ0) is 9.68. The molecule has 0 spiro atoms.